The molecule has 2 saturated heterocycles. The van der Waals surface area contributed by atoms with Crippen LogP contribution in [0.4, 0.5) is 0 Å². The van der Waals surface area contributed by atoms with Gasteiger partial charge in [-0.1, -0.05) is 47.1 Å². The second-order valence-electron chi connectivity index (χ2n) is 20.6. The van der Waals surface area contributed by atoms with Crippen LogP contribution in [0.15, 0.2) is 11.6 Å². The van der Waals surface area contributed by atoms with Crippen LogP contribution in [0.25, 0.3) is 0 Å². The zero-order valence-corrected chi connectivity index (χ0v) is 34.4. The standard InChI is InChI=1S/C42H62O16/c1-37(2)21-8-11-42(7)31(20(43)16-18-19-17-39(4,36(53)54)13-12-38(19,3)14-15-41(18,42)6)40(21,5)10-9-22(37)55-35-30(26(47)25(46)29(57-35)33(51)52)58-34-27(48)23(44)24(45)28(56-34)32(49)50/h16,19,21-31,34-35,44-48H,8-15,17H2,1-7H3,(H,49,50)(H,51,52)(H,53,54)/t19-,21-,22-,23-,24-,25-,26-,27+,28-,29-,30+,31+,34-,35?,38+,39-,40-,41+,42+/m0/s1. The number of aliphatic hydroxyl groups is 5. The van der Waals surface area contributed by atoms with Gasteiger partial charge in [0.2, 0.25) is 0 Å². The fourth-order valence-electron chi connectivity index (χ4n) is 13.4. The zero-order chi connectivity index (χ0) is 42.9. The van der Waals surface area contributed by atoms with Gasteiger partial charge in [0.15, 0.2) is 30.6 Å². The Hall–Kier alpha value is -2.54. The fourth-order valence-corrected chi connectivity index (χ4v) is 13.4. The number of rotatable bonds is 7. The van der Waals surface area contributed by atoms with Crippen molar-refractivity contribution in [2.45, 2.75) is 174 Å². The minimum Gasteiger partial charge on any atom is -0.481 e. The summed E-state index contributed by atoms with van der Waals surface area (Å²) in [5.74, 6) is -4.47. The molecular weight excluding hydrogens is 760 g/mol. The van der Waals surface area contributed by atoms with E-state index < -0.39 is 107 Å². The van der Waals surface area contributed by atoms with Crippen LogP contribution in [0.1, 0.15) is 106 Å². The van der Waals surface area contributed by atoms with Crippen molar-refractivity contribution in [3.63, 3.8) is 0 Å². The van der Waals surface area contributed by atoms with Crippen molar-refractivity contribution in [3.05, 3.63) is 11.6 Å². The number of carboxylic acid groups (broad SMARTS) is 3. The second kappa shape index (κ2) is 14.3. The van der Waals surface area contributed by atoms with Crippen LogP contribution in [0.5, 0.6) is 0 Å². The van der Waals surface area contributed by atoms with Crippen molar-refractivity contribution < 1.29 is 79.0 Å². The molecule has 0 aromatic carbocycles. The van der Waals surface area contributed by atoms with Gasteiger partial charge in [0.05, 0.1) is 11.5 Å². The molecule has 0 spiro atoms. The lowest BCUT2D eigenvalue weighted by molar-refractivity contribution is -0.371. The molecule has 19 atom stereocenters. The number of hydrogen-bond donors (Lipinski definition) is 8. The van der Waals surface area contributed by atoms with Gasteiger partial charge in [-0.25, -0.2) is 9.59 Å². The molecule has 0 bridgehead atoms. The highest BCUT2D eigenvalue weighted by Crippen LogP contribution is 2.75. The average molecular weight is 823 g/mol. The Labute approximate surface area is 337 Å². The molecule has 0 amide bonds. The van der Waals surface area contributed by atoms with Crippen LogP contribution in [0.3, 0.4) is 0 Å². The largest absolute Gasteiger partial charge is 0.481 e. The van der Waals surface area contributed by atoms with E-state index in [1.54, 1.807) is 0 Å². The van der Waals surface area contributed by atoms with E-state index in [1.165, 1.54) is 0 Å². The fraction of sp³-hybridized carbons (Fsp3) is 0.857. The predicted molar refractivity (Wildman–Crippen MR) is 199 cm³/mol. The van der Waals surface area contributed by atoms with E-state index in [9.17, 15) is 60.0 Å². The molecule has 0 aromatic rings. The molecule has 2 aliphatic heterocycles. The van der Waals surface area contributed by atoms with Crippen molar-refractivity contribution >= 4 is 23.7 Å². The molecule has 7 rings (SSSR count). The van der Waals surface area contributed by atoms with Crippen molar-refractivity contribution in [3.8, 4) is 0 Å². The maximum Gasteiger partial charge on any atom is 0.335 e. The smallest absolute Gasteiger partial charge is 0.335 e. The third-order valence-corrected chi connectivity index (χ3v) is 17.2. The minimum atomic E-state index is -2.05. The van der Waals surface area contributed by atoms with E-state index in [-0.39, 0.29) is 34.4 Å². The first-order valence-electron chi connectivity index (χ1n) is 20.7. The quantitative estimate of drug-likeness (QED) is 0.171. The molecule has 58 heavy (non-hydrogen) atoms. The van der Waals surface area contributed by atoms with Crippen LogP contribution >= 0.6 is 0 Å². The van der Waals surface area contributed by atoms with Gasteiger partial charge in [-0.05, 0) is 110 Å². The van der Waals surface area contributed by atoms with Crippen molar-refractivity contribution in [2.24, 2.45) is 50.2 Å². The molecular formula is C42H62O16. The first-order chi connectivity index (χ1) is 26.8. The molecule has 326 valence electrons. The third-order valence-electron chi connectivity index (χ3n) is 17.2. The number of carbonyl (C=O) groups excluding carboxylic acids is 1. The summed E-state index contributed by atoms with van der Waals surface area (Å²) >= 11 is 0. The predicted octanol–water partition coefficient (Wildman–Crippen LogP) is 2.25. The lowest BCUT2D eigenvalue weighted by atomic mass is 9.33. The monoisotopic (exact) mass is 822 g/mol. The topological polar surface area (TPSA) is 267 Å². The van der Waals surface area contributed by atoms with E-state index in [0.29, 0.717) is 25.7 Å². The van der Waals surface area contributed by atoms with Gasteiger partial charge in [-0.15, -0.1) is 0 Å². The number of carbonyl (C=O) groups is 4. The molecule has 6 fully saturated rings. The Morgan fingerprint density at radius 1 is 0.690 bits per heavy atom. The highest BCUT2D eigenvalue weighted by Gasteiger charge is 2.71. The van der Waals surface area contributed by atoms with Gasteiger partial charge in [0.1, 0.15) is 36.6 Å². The lowest BCUT2D eigenvalue weighted by Gasteiger charge is -2.70. The maximum absolute atomic E-state index is 14.8. The highest BCUT2D eigenvalue weighted by atomic mass is 16.8. The summed E-state index contributed by atoms with van der Waals surface area (Å²) in [4.78, 5) is 51.3. The van der Waals surface area contributed by atoms with E-state index in [2.05, 4.69) is 27.7 Å². The van der Waals surface area contributed by atoms with Crippen LogP contribution < -0.4 is 0 Å². The number of aliphatic carboxylic acids is 3. The summed E-state index contributed by atoms with van der Waals surface area (Å²) in [6.45, 7) is 14.8. The molecule has 4 saturated carbocycles. The molecule has 1 unspecified atom stereocenters. The SMILES string of the molecule is CC1(C)[C@@H](OC2O[C@H](C(=O)O)[C@@H](O)[C@H](O)[C@H]2O[C@@H]2O[C@H](C(=O)O)[C@@H](O)[C@H](O)[C@H]2O)CC[C@]2(C)[C@H]3C(=O)C=C4[C@@H]5C[C@@](C)(C(=O)O)CC[C@]5(C)CC[C@@]4(C)[C@]3(C)CC[C@@H]12. The summed E-state index contributed by atoms with van der Waals surface area (Å²) in [6.07, 6.45) is -12.2. The zero-order valence-electron chi connectivity index (χ0n) is 34.4. The lowest BCUT2D eigenvalue weighted by Crippen LogP contribution is -2.68. The van der Waals surface area contributed by atoms with Crippen LogP contribution in [-0.4, -0.2) is 132 Å². The number of hydrogen-bond acceptors (Lipinski definition) is 13. The molecule has 2 heterocycles. The molecule has 7 aliphatic rings. The minimum absolute atomic E-state index is 0.0217. The Kier molecular flexibility index (Phi) is 10.7. The van der Waals surface area contributed by atoms with Gasteiger partial charge >= 0.3 is 17.9 Å². The normalized spacial score (nSPS) is 52.6. The molecule has 16 nitrogen and oxygen atoms in total. The number of fused-ring (bicyclic) bond motifs is 7. The number of aliphatic hydroxyl groups excluding tert-OH is 5. The first-order valence-corrected chi connectivity index (χ1v) is 20.7. The maximum atomic E-state index is 14.8. The van der Waals surface area contributed by atoms with Crippen molar-refractivity contribution in [1.29, 1.82) is 0 Å². The number of ether oxygens (including phenoxy) is 4. The van der Waals surface area contributed by atoms with Gasteiger partial charge in [-0.3, -0.25) is 9.59 Å². The summed E-state index contributed by atoms with van der Waals surface area (Å²) in [7, 11) is 0. The summed E-state index contributed by atoms with van der Waals surface area (Å²) < 4.78 is 23.4. The van der Waals surface area contributed by atoms with E-state index in [4.69, 9.17) is 18.9 Å². The van der Waals surface area contributed by atoms with E-state index in [0.717, 1.165) is 37.7 Å². The second-order valence-corrected chi connectivity index (χ2v) is 20.6. The molecule has 5 aliphatic carbocycles. The van der Waals surface area contributed by atoms with Crippen LogP contribution in [0, 0.1) is 50.2 Å². The van der Waals surface area contributed by atoms with E-state index in [1.807, 2.05) is 26.8 Å². The number of allylic oxidation sites excluding steroid dienone is 2. The average Bonchev–Trinajstić information content (AvgIpc) is 3.13. The van der Waals surface area contributed by atoms with Crippen LogP contribution in [-0.2, 0) is 38.1 Å². The van der Waals surface area contributed by atoms with Crippen molar-refractivity contribution in [1.82, 2.24) is 0 Å². The molecule has 0 radical (unpaired) electrons. The molecule has 0 aromatic heterocycles. The number of ketones is 1. The van der Waals surface area contributed by atoms with Gasteiger partial charge < -0.3 is 59.8 Å². The Balaban J connectivity index is 1.17. The third kappa shape index (κ3) is 6.25. The molecule has 8 N–H and O–H groups in total. The van der Waals surface area contributed by atoms with Crippen molar-refractivity contribution in [2.75, 3.05) is 0 Å². The Morgan fingerprint density at radius 3 is 1.88 bits per heavy atom. The summed E-state index contributed by atoms with van der Waals surface area (Å²) in [5, 5.41) is 83.0. The van der Waals surface area contributed by atoms with E-state index >= 15 is 0 Å². The Morgan fingerprint density at radius 2 is 1.28 bits per heavy atom. The highest BCUT2D eigenvalue weighted by molar-refractivity contribution is 5.95. The molecule has 16 heteroatoms. The van der Waals surface area contributed by atoms with Crippen LogP contribution in [0.2, 0.25) is 0 Å². The summed E-state index contributed by atoms with van der Waals surface area (Å²) in [5.41, 5.74) is -1.81. The first kappa shape index (κ1) is 43.5. The van der Waals surface area contributed by atoms with Gasteiger partial charge in [-0.2, -0.15) is 0 Å². The number of carboxylic acids is 3. The van der Waals surface area contributed by atoms with Gasteiger partial charge in [0, 0.05) is 5.92 Å². The summed E-state index contributed by atoms with van der Waals surface area (Å²) in [6, 6.07) is 0. The van der Waals surface area contributed by atoms with Gasteiger partial charge in [0.25, 0.3) is 0 Å². The Bertz CT molecular complexity index is 1730.